The van der Waals surface area contributed by atoms with Gasteiger partial charge in [-0.05, 0) is 37.5 Å². The van der Waals surface area contributed by atoms with Gasteiger partial charge in [0.2, 0.25) is 0 Å². The quantitative estimate of drug-likeness (QED) is 0.838. The van der Waals surface area contributed by atoms with Gasteiger partial charge in [0.25, 0.3) is 0 Å². The SMILES string of the molecule is COc1ccc([C@@H](C)Nc2cc(C3CC(N)C3)ncn2)cc1.Cl.Cl. The number of rotatable bonds is 5. The van der Waals surface area contributed by atoms with Gasteiger partial charge in [-0.15, -0.1) is 24.8 Å². The first-order valence-corrected chi connectivity index (χ1v) is 7.63. The zero-order valence-corrected chi connectivity index (χ0v) is 15.4. The van der Waals surface area contributed by atoms with Gasteiger partial charge in [0.15, 0.2) is 0 Å². The van der Waals surface area contributed by atoms with Crippen LogP contribution in [0.2, 0.25) is 0 Å². The molecule has 1 saturated carbocycles. The van der Waals surface area contributed by atoms with Gasteiger partial charge in [-0.25, -0.2) is 9.97 Å². The summed E-state index contributed by atoms with van der Waals surface area (Å²) < 4.78 is 5.19. The molecule has 0 bridgehead atoms. The predicted molar refractivity (Wildman–Crippen MR) is 102 cm³/mol. The first kappa shape index (κ1) is 20.5. The summed E-state index contributed by atoms with van der Waals surface area (Å²) in [5.41, 5.74) is 8.13. The number of hydrogen-bond acceptors (Lipinski definition) is 5. The van der Waals surface area contributed by atoms with E-state index in [2.05, 4.69) is 34.3 Å². The van der Waals surface area contributed by atoms with Crippen LogP contribution < -0.4 is 15.8 Å². The predicted octanol–water partition coefficient (Wildman–Crippen LogP) is 3.71. The molecule has 7 heteroatoms. The highest BCUT2D eigenvalue weighted by Gasteiger charge is 2.28. The van der Waals surface area contributed by atoms with Gasteiger partial charge in [-0.1, -0.05) is 12.1 Å². The van der Waals surface area contributed by atoms with Crippen LogP contribution in [0.15, 0.2) is 36.7 Å². The average Bonchev–Trinajstić information content (AvgIpc) is 2.52. The zero-order chi connectivity index (χ0) is 15.5. The van der Waals surface area contributed by atoms with E-state index in [9.17, 15) is 0 Å². The van der Waals surface area contributed by atoms with Crippen molar-refractivity contribution in [2.45, 2.75) is 37.8 Å². The number of aromatic nitrogens is 2. The lowest BCUT2D eigenvalue weighted by Gasteiger charge is -2.32. The van der Waals surface area contributed by atoms with Crippen molar-refractivity contribution in [1.82, 2.24) is 9.97 Å². The molecule has 3 rings (SSSR count). The third-order valence-corrected chi connectivity index (χ3v) is 4.26. The molecule has 1 fully saturated rings. The molecule has 132 valence electrons. The molecule has 1 aromatic heterocycles. The Hall–Kier alpha value is -1.56. The van der Waals surface area contributed by atoms with E-state index in [4.69, 9.17) is 10.5 Å². The van der Waals surface area contributed by atoms with Crippen LogP contribution in [0.25, 0.3) is 0 Å². The van der Waals surface area contributed by atoms with Gasteiger partial charge in [-0.3, -0.25) is 0 Å². The van der Waals surface area contributed by atoms with Crippen LogP contribution in [0, 0.1) is 0 Å². The van der Waals surface area contributed by atoms with E-state index in [1.165, 1.54) is 5.56 Å². The van der Waals surface area contributed by atoms with Crippen LogP contribution >= 0.6 is 24.8 Å². The van der Waals surface area contributed by atoms with E-state index < -0.39 is 0 Å². The summed E-state index contributed by atoms with van der Waals surface area (Å²) in [5.74, 6) is 2.20. The number of benzene rings is 1. The summed E-state index contributed by atoms with van der Waals surface area (Å²) in [6.45, 7) is 2.11. The molecule has 3 N–H and O–H groups in total. The molecular formula is C17H24Cl2N4O. The molecule has 0 unspecified atom stereocenters. The molecule has 0 radical (unpaired) electrons. The summed E-state index contributed by atoms with van der Waals surface area (Å²) >= 11 is 0. The van der Waals surface area contributed by atoms with Crippen molar-refractivity contribution in [3.8, 4) is 5.75 Å². The van der Waals surface area contributed by atoms with Gasteiger partial charge in [0.1, 0.15) is 17.9 Å². The second kappa shape index (κ2) is 9.06. The van der Waals surface area contributed by atoms with Crippen LogP contribution in [-0.2, 0) is 0 Å². The Morgan fingerprint density at radius 3 is 2.42 bits per heavy atom. The molecule has 0 spiro atoms. The van der Waals surface area contributed by atoms with Crippen molar-refractivity contribution in [2.75, 3.05) is 12.4 Å². The number of nitrogens with two attached hydrogens (primary N) is 1. The Bertz CT molecular complexity index is 633. The lowest BCUT2D eigenvalue weighted by atomic mass is 9.78. The van der Waals surface area contributed by atoms with Gasteiger partial charge >= 0.3 is 0 Å². The van der Waals surface area contributed by atoms with Crippen LogP contribution in [0.3, 0.4) is 0 Å². The maximum Gasteiger partial charge on any atom is 0.130 e. The maximum atomic E-state index is 5.86. The third kappa shape index (κ3) is 4.72. The Kier molecular flexibility index (Phi) is 7.73. The van der Waals surface area contributed by atoms with Gasteiger partial charge < -0.3 is 15.8 Å². The highest BCUT2D eigenvalue weighted by atomic mass is 35.5. The molecular weight excluding hydrogens is 347 g/mol. The highest BCUT2D eigenvalue weighted by Crippen LogP contribution is 2.35. The molecule has 1 aliphatic rings. The molecule has 5 nitrogen and oxygen atoms in total. The summed E-state index contributed by atoms with van der Waals surface area (Å²) in [6.07, 6.45) is 3.66. The number of ether oxygens (including phenoxy) is 1. The number of nitrogens with one attached hydrogen (secondary N) is 1. The van der Waals surface area contributed by atoms with Crippen molar-refractivity contribution >= 4 is 30.6 Å². The van der Waals surface area contributed by atoms with Gasteiger partial charge in [0, 0.05) is 29.8 Å². The fraction of sp³-hybridized carbons (Fsp3) is 0.412. The number of halogens is 2. The molecule has 1 atom stereocenters. The molecule has 1 aromatic carbocycles. The topological polar surface area (TPSA) is 73.1 Å². The smallest absolute Gasteiger partial charge is 0.130 e. The monoisotopic (exact) mass is 370 g/mol. The van der Waals surface area contributed by atoms with E-state index in [0.717, 1.165) is 30.1 Å². The van der Waals surface area contributed by atoms with E-state index in [1.807, 2.05) is 18.2 Å². The second-order valence-corrected chi connectivity index (χ2v) is 5.90. The summed E-state index contributed by atoms with van der Waals surface area (Å²) in [5, 5.41) is 3.43. The van der Waals surface area contributed by atoms with Gasteiger partial charge in [-0.2, -0.15) is 0 Å². The lowest BCUT2D eigenvalue weighted by molar-refractivity contribution is 0.345. The van der Waals surface area contributed by atoms with Gasteiger partial charge in [0.05, 0.1) is 7.11 Å². The van der Waals surface area contributed by atoms with Crippen molar-refractivity contribution in [3.05, 3.63) is 47.9 Å². The summed E-state index contributed by atoms with van der Waals surface area (Å²) in [7, 11) is 1.67. The lowest BCUT2D eigenvalue weighted by Crippen LogP contribution is -2.35. The van der Waals surface area contributed by atoms with Crippen molar-refractivity contribution in [3.63, 3.8) is 0 Å². The molecule has 1 aliphatic carbocycles. The average molecular weight is 371 g/mol. The minimum absolute atomic E-state index is 0. The maximum absolute atomic E-state index is 5.86. The summed E-state index contributed by atoms with van der Waals surface area (Å²) in [4.78, 5) is 8.70. The fourth-order valence-electron chi connectivity index (χ4n) is 2.78. The van der Waals surface area contributed by atoms with E-state index in [-0.39, 0.29) is 30.9 Å². The molecule has 0 amide bonds. The van der Waals surface area contributed by atoms with Crippen LogP contribution in [0.4, 0.5) is 5.82 Å². The van der Waals surface area contributed by atoms with Crippen LogP contribution in [0.1, 0.15) is 43.0 Å². The van der Waals surface area contributed by atoms with E-state index in [1.54, 1.807) is 13.4 Å². The normalized spacial score (nSPS) is 20.0. The van der Waals surface area contributed by atoms with Crippen molar-refractivity contribution in [2.24, 2.45) is 5.73 Å². The van der Waals surface area contributed by atoms with Crippen molar-refractivity contribution in [1.29, 1.82) is 0 Å². The van der Waals surface area contributed by atoms with E-state index >= 15 is 0 Å². The number of anilines is 1. The fourth-order valence-corrected chi connectivity index (χ4v) is 2.78. The molecule has 24 heavy (non-hydrogen) atoms. The standard InChI is InChI=1S/C17H22N4O.2ClH/c1-11(12-3-5-15(22-2)6-4-12)21-17-9-16(19-10-20-17)13-7-14(18)8-13;;/h3-6,9-11,13-14H,7-8,18H2,1-2H3,(H,19,20,21);2*1H/t11-,13?,14?;;/m1../s1. The summed E-state index contributed by atoms with van der Waals surface area (Å²) in [6, 6.07) is 10.6. The third-order valence-electron chi connectivity index (χ3n) is 4.26. The van der Waals surface area contributed by atoms with Crippen LogP contribution in [-0.4, -0.2) is 23.1 Å². The molecule has 0 aliphatic heterocycles. The molecule has 0 saturated heterocycles. The Balaban J connectivity index is 0.00000144. The molecule has 1 heterocycles. The van der Waals surface area contributed by atoms with Crippen LogP contribution in [0.5, 0.6) is 5.75 Å². The largest absolute Gasteiger partial charge is 0.497 e. The number of methoxy groups -OCH3 is 1. The second-order valence-electron chi connectivity index (χ2n) is 5.90. The Morgan fingerprint density at radius 1 is 1.17 bits per heavy atom. The van der Waals surface area contributed by atoms with E-state index in [0.29, 0.717) is 12.0 Å². The first-order valence-electron chi connectivity index (χ1n) is 7.63. The Labute approximate surface area is 155 Å². The van der Waals surface area contributed by atoms with Crippen molar-refractivity contribution < 1.29 is 4.74 Å². The molecule has 2 aromatic rings. The minimum Gasteiger partial charge on any atom is -0.497 e. The highest BCUT2D eigenvalue weighted by molar-refractivity contribution is 5.85. The minimum atomic E-state index is 0. The zero-order valence-electron chi connectivity index (χ0n) is 13.8. The Morgan fingerprint density at radius 2 is 1.83 bits per heavy atom. The number of nitrogens with zero attached hydrogens (tertiary/aromatic N) is 2. The number of hydrogen-bond donors (Lipinski definition) is 2. The first-order chi connectivity index (χ1) is 10.7.